The highest BCUT2D eigenvalue weighted by atomic mass is 16.3. The molecule has 0 bridgehead atoms. The molecule has 0 aromatic carbocycles. The van der Waals surface area contributed by atoms with Crippen molar-refractivity contribution in [3.05, 3.63) is 18.2 Å². The molecule has 1 atom stereocenters. The molecule has 0 fully saturated rings. The van der Waals surface area contributed by atoms with Crippen LogP contribution in [0, 0.1) is 0 Å². The third-order valence-corrected chi connectivity index (χ3v) is 2.16. The van der Waals surface area contributed by atoms with E-state index in [0.717, 1.165) is 12.2 Å². The molecule has 4 nitrogen and oxygen atoms in total. The molecule has 0 spiro atoms. The zero-order valence-corrected chi connectivity index (χ0v) is 8.69. The van der Waals surface area contributed by atoms with Crippen LogP contribution < -0.4 is 5.73 Å². The molecule has 0 aliphatic rings. The second-order valence-electron chi connectivity index (χ2n) is 3.60. The number of nitrogens with zero attached hydrogens (tertiary/aromatic N) is 2. The highest BCUT2D eigenvalue weighted by molar-refractivity contribution is 4.99. The van der Waals surface area contributed by atoms with Gasteiger partial charge in [0.25, 0.3) is 0 Å². The Bertz CT molecular complexity index is 260. The van der Waals surface area contributed by atoms with Crippen molar-refractivity contribution in [3.63, 3.8) is 0 Å². The largest absolute Gasteiger partial charge is 0.395 e. The topological polar surface area (TPSA) is 64.1 Å². The van der Waals surface area contributed by atoms with Crippen LogP contribution in [0.1, 0.15) is 25.5 Å². The van der Waals surface area contributed by atoms with Crippen LogP contribution in [0.3, 0.4) is 0 Å². The first-order valence-corrected chi connectivity index (χ1v) is 5.13. The van der Waals surface area contributed by atoms with Crippen molar-refractivity contribution in [2.75, 3.05) is 6.61 Å². The molecule has 0 unspecified atom stereocenters. The van der Waals surface area contributed by atoms with Crippen molar-refractivity contribution in [1.82, 2.24) is 9.55 Å². The minimum absolute atomic E-state index is 0.0157. The van der Waals surface area contributed by atoms with E-state index in [1.54, 1.807) is 0 Å². The molecular formula is C10H19N3O. The molecule has 1 heterocycles. The molecule has 14 heavy (non-hydrogen) atoms. The van der Waals surface area contributed by atoms with Gasteiger partial charge in [-0.05, 0) is 6.42 Å². The van der Waals surface area contributed by atoms with Crippen molar-refractivity contribution >= 4 is 0 Å². The minimum atomic E-state index is -0.190. The quantitative estimate of drug-likeness (QED) is 0.700. The van der Waals surface area contributed by atoms with Crippen molar-refractivity contribution in [3.8, 4) is 0 Å². The smallest absolute Gasteiger partial charge is 0.0949 e. The second-order valence-corrected chi connectivity index (χ2v) is 3.60. The number of hydrogen-bond acceptors (Lipinski definition) is 3. The highest BCUT2D eigenvalue weighted by Gasteiger charge is 2.04. The van der Waals surface area contributed by atoms with Gasteiger partial charge in [-0.2, -0.15) is 0 Å². The van der Waals surface area contributed by atoms with Crippen LogP contribution in [0.2, 0.25) is 0 Å². The summed E-state index contributed by atoms with van der Waals surface area (Å²) in [5.41, 5.74) is 6.58. The lowest BCUT2D eigenvalue weighted by Crippen LogP contribution is -2.26. The van der Waals surface area contributed by atoms with Gasteiger partial charge in [0, 0.05) is 25.2 Å². The van der Waals surface area contributed by atoms with Gasteiger partial charge in [-0.15, -0.1) is 0 Å². The van der Waals surface area contributed by atoms with Gasteiger partial charge < -0.3 is 15.4 Å². The number of unbranched alkanes of at least 4 members (excludes halogenated alkanes) is 1. The van der Waals surface area contributed by atoms with E-state index < -0.39 is 0 Å². The third-order valence-electron chi connectivity index (χ3n) is 2.16. The highest BCUT2D eigenvalue weighted by Crippen LogP contribution is 2.01. The maximum Gasteiger partial charge on any atom is 0.0949 e. The van der Waals surface area contributed by atoms with Crippen LogP contribution in [-0.2, 0) is 13.0 Å². The zero-order chi connectivity index (χ0) is 10.4. The fraction of sp³-hybridized carbons (Fsp3) is 0.700. The van der Waals surface area contributed by atoms with E-state index in [-0.39, 0.29) is 12.6 Å². The van der Waals surface area contributed by atoms with Crippen molar-refractivity contribution in [2.45, 2.75) is 38.8 Å². The van der Waals surface area contributed by atoms with E-state index in [1.807, 2.05) is 12.5 Å². The van der Waals surface area contributed by atoms with E-state index in [0.29, 0.717) is 6.42 Å². The Morgan fingerprint density at radius 3 is 3.07 bits per heavy atom. The summed E-state index contributed by atoms with van der Waals surface area (Å²) in [5.74, 6) is 0. The SMILES string of the molecule is CCCCn1cnc(C[C@H](N)CO)c1. The molecule has 0 saturated carbocycles. The van der Waals surface area contributed by atoms with Crippen LogP contribution >= 0.6 is 0 Å². The first kappa shape index (κ1) is 11.2. The van der Waals surface area contributed by atoms with Crippen molar-refractivity contribution < 1.29 is 5.11 Å². The number of aliphatic hydroxyl groups excluding tert-OH is 1. The fourth-order valence-corrected chi connectivity index (χ4v) is 1.31. The fourth-order valence-electron chi connectivity index (χ4n) is 1.31. The summed E-state index contributed by atoms with van der Waals surface area (Å²) in [6, 6.07) is -0.190. The summed E-state index contributed by atoms with van der Waals surface area (Å²) in [6.07, 6.45) is 6.83. The lowest BCUT2D eigenvalue weighted by Gasteiger charge is -2.04. The average molecular weight is 197 g/mol. The predicted molar refractivity (Wildman–Crippen MR) is 55.9 cm³/mol. The molecule has 3 N–H and O–H groups in total. The maximum atomic E-state index is 8.78. The van der Waals surface area contributed by atoms with E-state index in [9.17, 15) is 0 Å². The van der Waals surface area contributed by atoms with E-state index in [2.05, 4.69) is 16.5 Å². The molecule has 1 aromatic heterocycles. The Labute approximate surface area is 84.8 Å². The summed E-state index contributed by atoms with van der Waals surface area (Å²) in [7, 11) is 0. The van der Waals surface area contributed by atoms with Gasteiger partial charge in [-0.1, -0.05) is 13.3 Å². The number of aromatic nitrogens is 2. The van der Waals surface area contributed by atoms with Gasteiger partial charge >= 0.3 is 0 Å². The Morgan fingerprint density at radius 1 is 1.64 bits per heavy atom. The minimum Gasteiger partial charge on any atom is -0.395 e. The van der Waals surface area contributed by atoms with Crippen LogP contribution in [0.5, 0.6) is 0 Å². The molecule has 0 amide bonds. The molecule has 0 radical (unpaired) electrons. The molecule has 1 aromatic rings. The van der Waals surface area contributed by atoms with Crippen LogP contribution in [0.25, 0.3) is 0 Å². The van der Waals surface area contributed by atoms with Gasteiger partial charge in [0.1, 0.15) is 0 Å². The van der Waals surface area contributed by atoms with E-state index >= 15 is 0 Å². The lowest BCUT2D eigenvalue weighted by molar-refractivity contribution is 0.264. The number of aryl methyl sites for hydroxylation is 1. The van der Waals surface area contributed by atoms with E-state index in [4.69, 9.17) is 10.8 Å². The summed E-state index contributed by atoms with van der Waals surface area (Å²) in [4.78, 5) is 4.23. The third kappa shape index (κ3) is 3.47. The van der Waals surface area contributed by atoms with Gasteiger partial charge in [0.05, 0.1) is 18.6 Å². The summed E-state index contributed by atoms with van der Waals surface area (Å²) >= 11 is 0. The standard InChI is InChI=1S/C10H19N3O/c1-2-3-4-13-6-10(12-8-13)5-9(11)7-14/h6,8-9,14H,2-5,7,11H2,1H3/t9-/m0/s1. The Morgan fingerprint density at radius 2 is 2.43 bits per heavy atom. The summed E-state index contributed by atoms with van der Waals surface area (Å²) in [5, 5.41) is 8.78. The first-order chi connectivity index (χ1) is 6.76. The number of rotatable bonds is 6. The number of nitrogens with two attached hydrogens (primary N) is 1. The molecule has 0 aliphatic carbocycles. The number of imidazole rings is 1. The number of hydrogen-bond donors (Lipinski definition) is 2. The van der Waals surface area contributed by atoms with Crippen molar-refractivity contribution in [1.29, 1.82) is 0 Å². The van der Waals surface area contributed by atoms with Gasteiger partial charge in [-0.3, -0.25) is 0 Å². The Balaban J connectivity index is 2.42. The monoisotopic (exact) mass is 197 g/mol. The van der Waals surface area contributed by atoms with Crippen LogP contribution in [0.4, 0.5) is 0 Å². The summed E-state index contributed by atoms with van der Waals surface area (Å²) in [6.45, 7) is 3.19. The molecule has 0 saturated heterocycles. The van der Waals surface area contributed by atoms with E-state index in [1.165, 1.54) is 12.8 Å². The molecule has 1 rings (SSSR count). The zero-order valence-electron chi connectivity index (χ0n) is 8.69. The average Bonchev–Trinajstić information content (AvgIpc) is 2.62. The van der Waals surface area contributed by atoms with Gasteiger partial charge in [-0.25, -0.2) is 4.98 Å². The Kier molecular flexibility index (Phi) is 4.62. The number of aliphatic hydroxyl groups is 1. The summed E-state index contributed by atoms with van der Waals surface area (Å²) < 4.78 is 2.07. The van der Waals surface area contributed by atoms with Crippen LogP contribution in [0.15, 0.2) is 12.5 Å². The Hall–Kier alpha value is -0.870. The van der Waals surface area contributed by atoms with Gasteiger partial charge in [0.15, 0.2) is 0 Å². The maximum absolute atomic E-state index is 8.78. The van der Waals surface area contributed by atoms with Crippen molar-refractivity contribution in [2.24, 2.45) is 5.73 Å². The normalized spacial score (nSPS) is 13.1. The molecule has 0 aliphatic heterocycles. The van der Waals surface area contributed by atoms with Crippen LogP contribution in [-0.4, -0.2) is 27.3 Å². The first-order valence-electron chi connectivity index (χ1n) is 5.13. The second kappa shape index (κ2) is 5.78. The molecular weight excluding hydrogens is 178 g/mol. The lowest BCUT2D eigenvalue weighted by atomic mass is 10.2. The predicted octanol–water partition coefficient (Wildman–Crippen LogP) is 0.545. The molecule has 80 valence electrons. The molecule has 4 heteroatoms. The van der Waals surface area contributed by atoms with Gasteiger partial charge in [0.2, 0.25) is 0 Å².